The first-order chi connectivity index (χ1) is 7.45. The van der Waals surface area contributed by atoms with Crippen LogP contribution in [0.1, 0.15) is 20.3 Å². The van der Waals surface area contributed by atoms with Gasteiger partial charge in [-0.05, 0) is 13.3 Å². The average Bonchev–Trinajstić information content (AvgIpc) is 2.22. The van der Waals surface area contributed by atoms with Gasteiger partial charge in [0.25, 0.3) is 5.69 Å². The van der Waals surface area contributed by atoms with Crippen molar-refractivity contribution in [2.75, 3.05) is 5.32 Å². The number of halogens is 2. The molecule has 0 aliphatic carbocycles. The van der Waals surface area contributed by atoms with E-state index in [-0.39, 0.29) is 21.8 Å². The van der Waals surface area contributed by atoms with Gasteiger partial charge < -0.3 is 5.32 Å². The molecule has 0 aliphatic rings. The highest BCUT2D eigenvalue weighted by Crippen LogP contribution is 2.35. The quantitative estimate of drug-likeness (QED) is 0.656. The van der Waals surface area contributed by atoms with Crippen molar-refractivity contribution >= 4 is 34.6 Å². The average molecular weight is 263 g/mol. The summed E-state index contributed by atoms with van der Waals surface area (Å²) in [7, 11) is 0. The van der Waals surface area contributed by atoms with Gasteiger partial charge in [0.1, 0.15) is 0 Å². The van der Waals surface area contributed by atoms with Crippen LogP contribution in [0.4, 0.5) is 11.4 Å². The van der Waals surface area contributed by atoms with Crippen molar-refractivity contribution in [1.82, 2.24) is 0 Å². The maximum atomic E-state index is 10.6. The summed E-state index contributed by atoms with van der Waals surface area (Å²) in [6.07, 6.45) is 0.906. The third kappa shape index (κ3) is 3.00. The summed E-state index contributed by atoms with van der Waals surface area (Å²) >= 11 is 11.9. The van der Waals surface area contributed by atoms with E-state index >= 15 is 0 Å². The minimum absolute atomic E-state index is 0.107. The van der Waals surface area contributed by atoms with Crippen LogP contribution in [0.3, 0.4) is 0 Å². The first kappa shape index (κ1) is 13.1. The Balaban J connectivity index is 3.07. The molecule has 0 amide bonds. The van der Waals surface area contributed by atoms with Gasteiger partial charge in [-0.15, -0.1) is 0 Å². The van der Waals surface area contributed by atoms with Crippen molar-refractivity contribution in [2.24, 2.45) is 0 Å². The van der Waals surface area contributed by atoms with E-state index in [1.807, 2.05) is 13.8 Å². The zero-order valence-corrected chi connectivity index (χ0v) is 10.5. The lowest BCUT2D eigenvalue weighted by atomic mass is 10.2. The van der Waals surface area contributed by atoms with E-state index in [4.69, 9.17) is 23.2 Å². The summed E-state index contributed by atoms with van der Waals surface area (Å²) in [5.74, 6) is 0. The maximum Gasteiger partial charge on any atom is 0.272 e. The van der Waals surface area contributed by atoms with Crippen LogP contribution in [-0.4, -0.2) is 11.0 Å². The standard InChI is InChI=1S/C10H12Cl2N2O2/c1-3-6(2)13-10-8(11)4-7(14(15)16)5-9(10)12/h4-6,13H,3H2,1-2H3. The van der Waals surface area contributed by atoms with Gasteiger partial charge in [0.05, 0.1) is 20.7 Å². The molecule has 1 atom stereocenters. The highest BCUT2D eigenvalue weighted by molar-refractivity contribution is 6.39. The smallest absolute Gasteiger partial charge is 0.272 e. The maximum absolute atomic E-state index is 10.6. The van der Waals surface area contributed by atoms with Crippen LogP contribution in [0.2, 0.25) is 10.0 Å². The summed E-state index contributed by atoms with van der Waals surface area (Å²) < 4.78 is 0. The van der Waals surface area contributed by atoms with Gasteiger partial charge in [-0.25, -0.2) is 0 Å². The van der Waals surface area contributed by atoms with Gasteiger partial charge in [0, 0.05) is 18.2 Å². The van der Waals surface area contributed by atoms with E-state index in [0.717, 1.165) is 6.42 Å². The number of non-ortho nitro benzene ring substituents is 1. The van der Waals surface area contributed by atoms with Gasteiger partial charge in [0.2, 0.25) is 0 Å². The molecule has 0 spiro atoms. The van der Waals surface area contributed by atoms with E-state index in [1.54, 1.807) is 0 Å². The molecule has 1 rings (SSSR count). The van der Waals surface area contributed by atoms with E-state index in [9.17, 15) is 10.1 Å². The van der Waals surface area contributed by atoms with Crippen molar-refractivity contribution in [2.45, 2.75) is 26.3 Å². The van der Waals surface area contributed by atoms with Gasteiger partial charge >= 0.3 is 0 Å². The Morgan fingerprint density at radius 3 is 2.31 bits per heavy atom. The molecule has 1 aromatic rings. The van der Waals surface area contributed by atoms with Crippen LogP contribution in [0, 0.1) is 10.1 Å². The number of nitrogens with one attached hydrogen (secondary N) is 1. The Morgan fingerprint density at radius 1 is 1.44 bits per heavy atom. The number of anilines is 1. The topological polar surface area (TPSA) is 55.2 Å². The normalized spacial score (nSPS) is 12.2. The molecule has 6 heteroatoms. The van der Waals surface area contributed by atoms with E-state index in [1.165, 1.54) is 12.1 Å². The summed E-state index contributed by atoms with van der Waals surface area (Å²) in [6, 6.07) is 2.78. The number of nitro groups is 1. The van der Waals surface area contributed by atoms with Crippen LogP contribution >= 0.6 is 23.2 Å². The molecular formula is C10H12Cl2N2O2. The largest absolute Gasteiger partial charge is 0.380 e. The number of hydrogen-bond acceptors (Lipinski definition) is 3. The molecule has 0 heterocycles. The molecule has 1 aromatic carbocycles. The number of benzene rings is 1. The molecular weight excluding hydrogens is 251 g/mol. The lowest BCUT2D eigenvalue weighted by molar-refractivity contribution is -0.384. The second kappa shape index (κ2) is 5.37. The molecule has 1 N–H and O–H groups in total. The Morgan fingerprint density at radius 2 is 1.94 bits per heavy atom. The molecule has 0 saturated carbocycles. The number of nitro benzene ring substituents is 1. The highest BCUT2D eigenvalue weighted by Gasteiger charge is 2.15. The highest BCUT2D eigenvalue weighted by atomic mass is 35.5. The zero-order valence-electron chi connectivity index (χ0n) is 8.96. The fourth-order valence-electron chi connectivity index (χ4n) is 1.15. The van der Waals surface area contributed by atoms with E-state index in [0.29, 0.717) is 5.69 Å². The number of rotatable bonds is 4. The minimum atomic E-state index is -0.523. The van der Waals surface area contributed by atoms with E-state index < -0.39 is 4.92 Å². The van der Waals surface area contributed by atoms with E-state index in [2.05, 4.69) is 5.32 Å². The summed E-state index contributed by atoms with van der Waals surface area (Å²) in [4.78, 5) is 10.0. The van der Waals surface area contributed by atoms with Gasteiger partial charge in [-0.3, -0.25) is 10.1 Å². The fraction of sp³-hybridized carbons (Fsp3) is 0.400. The lowest BCUT2D eigenvalue weighted by Crippen LogP contribution is -2.14. The molecule has 88 valence electrons. The number of hydrogen-bond donors (Lipinski definition) is 1. The first-order valence-electron chi connectivity index (χ1n) is 4.85. The molecule has 0 saturated heterocycles. The van der Waals surface area contributed by atoms with Gasteiger partial charge in [0.15, 0.2) is 0 Å². The lowest BCUT2D eigenvalue weighted by Gasteiger charge is -2.15. The predicted molar refractivity (Wildman–Crippen MR) is 66.5 cm³/mol. The predicted octanol–water partition coefficient (Wildman–Crippen LogP) is 4.11. The molecule has 0 bridgehead atoms. The molecule has 0 radical (unpaired) electrons. The van der Waals surface area contributed by atoms with Crippen molar-refractivity contribution in [3.05, 3.63) is 32.3 Å². The molecule has 4 nitrogen and oxygen atoms in total. The SMILES string of the molecule is CCC(C)Nc1c(Cl)cc([N+](=O)[O-])cc1Cl. The van der Waals surface area contributed by atoms with Crippen molar-refractivity contribution in [3.8, 4) is 0 Å². The van der Waals surface area contributed by atoms with Crippen LogP contribution in [0.5, 0.6) is 0 Å². The monoisotopic (exact) mass is 262 g/mol. The molecule has 0 fully saturated rings. The minimum Gasteiger partial charge on any atom is -0.380 e. The second-order valence-electron chi connectivity index (χ2n) is 3.50. The Hall–Kier alpha value is -1.00. The van der Waals surface area contributed by atoms with Crippen molar-refractivity contribution < 1.29 is 4.92 Å². The Labute approximate surface area is 104 Å². The second-order valence-corrected chi connectivity index (χ2v) is 4.31. The molecule has 0 aliphatic heterocycles. The Kier molecular flexibility index (Phi) is 4.38. The van der Waals surface area contributed by atoms with Gasteiger partial charge in [-0.1, -0.05) is 30.1 Å². The summed E-state index contributed by atoms with van der Waals surface area (Å²) in [5, 5.41) is 14.2. The molecule has 0 aromatic heterocycles. The van der Waals surface area contributed by atoms with Crippen molar-refractivity contribution in [3.63, 3.8) is 0 Å². The number of nitrogens with zero attached hydrogens (tertiary/aromatic N) is 1. The van der Waals surface area contributed by atoms with Crippen molar-refractivity contribution in [1.29, 1.82) is 0 Å². The summed E-state index contributed by atoms with van der Waals surface area (Å²) in [5.41, 5.74) is 0.438. The van der Waals surface area contributed by atoms with Crippen LogP contribution in [0.15, 0.2) is 12.1 Å². The van der Waals surface area contributed by atoms with Crippen LogP contribution in [-0.2, 0) is 0 Å². The summed E-state index contributed by atoms with van der Waals surface area (Å²) in [6.45, 7) is 4.00. The molecule has 16 heavy (non-hydrogen) atoms. The van der Waals surface area contributed by atoms with Crippen LogP contribution < -0.4 is 5.32 Å². The fourth-order valence-corrected chi connectivity index (χ4v) is 1.74. The zero-order chi connectivity index (χ0) is 12.3. The Bertz CT molecular complexity index is 387. The first-order valence-corrected chi connectivity index (χ1v) is 5.61. The molecule has 1 unspecified atom stereocenters. The third-order valence-electron chi connectivity index (χ3n) is 2.24. The van der Waals surface area contributed by atoms with Crippen LogP contribution in [0.25, 0.3) is 0 Å². The van der Waals surface area contributed by atoms with Gasteiger partial charge in [-0.2, -0.15) is 0 Å². The third-order valence-corrected chi connectivity index (χ3v) is 2.84.